The molecule has 0 aliphatic carbocycles. The molecule has 0 aromatic heterocycles. The molecule has 2 heterocycles. The molecular formula is C20H26BrClN2O4. The van der Waals surface area contributed by atoms with E-state index in [2.05, 4.69) is 42.0 Å². The Bertz CT molecular complexity index is 763. The fourth-order valence-corrected chi connectivity index (χ4v) is 5.08. The molecule has 2 amide bonds. The van der Waals surface area contributed by atoms with Crippen molar-refractivity contribution in [2.45, 2.75) is 64.5 Å². The van der Waals surface area contributed by atoms with E-state index in [9.17, 15) is 9.59 Å². The van der Waals surface area contributed by atoms with Gasteiger partial charge in [0.15, 0.2) is 0 Å². The van der Waals surface area contributed by atoms with E-state index in [-0.39, 0.29) is 17.0 Å². The molecule has 2 atom stereocenters. The Morgan fingerprint density at radius 1 is 1.29 bits per heavy atom. The standard InChI is InChI=1S/C20H26BrClN2O4/c1-19(2,3)20-10-5-6-13(9-11-20)24(20)18(26)28-12-27-17(25)23-15-8-4-7-14(22)16(15)21/h4,7-8,13H,5-6,9-12H2,1-3H3,(H,23,25). The second-order valence-electron chi connectivity index (χ2n) is 8.42. The molecule has 2 aliphatic heterocycles. The third-order valence-electron chi connectivity index (χ3n) is 6.00. The van der Waals surface area contributed by atoms with Crippen molar-refractivity contribution in [2.75, 3.05) is 12.1 Å². The molecule has 0 spiro atoms. The fraction of sp³-hybridized carbons (Fsp3) is 0.600. The molecule has 28 heavy (non-hydrogen) atoms. The lowest BCUT2D eigenvalue weighted by molar-refractivity contribution is -0.0474. The van der Waals surface area contributed by atoms with Gasteiger partial charge < -0.3 is 9.47 Å². The summed E-state index contributed by atoms with van der Waals surface area (Å²) in [7, 11) is 0. The van der Waals surface area contributed by atoms with Crippen molar-refractivity contribution in [2.24, 2.45) is 5.41 Å². The van der Waals surface area contributed by atoms with Crippen LogP contribution >= 0.6 is 27.5 Å². The third kappa shape index (κ3) is 3.96. The molecule has 2 aliphatic rings. The minimum absolute atomic E-state index is 0.0434. The van der Waals surface area contributed by atoms with Gasteiger partial charge in [-0.25, -0.2) is 9.59 Å². The fourth-order valence-electron chi connectivity index (χ4n) is 4.54. The zero-order valence-electron chi connectivity index (χ0n) is 16.4. The number of nitrogens with one attached hydrogen (secondary N) is 1. The predicted molar refractivity (Wildman–Crippen MR) is 112 cm³/mol. The molecule has 2 unspecified atom stereocenters. The first-order chi connectivity index (χ1) is 13.2. The van der Waals surface area contributed by atoms with Crippen LogP contribution in [0.25, 0.3) is 0 Å². The number of halogens is 2. The Morgan fingerprint density at radius 2 is 2.04 bits per heavy atom. The van der Waals surface area contributed by atoms with Crippen LogP contribution in [0, 0.1) is 5.41 Å². The minimum atomic E-state index is -0.720. The van der Waals surface area contributed by atoms with Crippen LogP contribution in [0.2, 0.25) is 5.02 Å². The van der Waals surface area contributed by atoms with Crippen molar-refractivity contribution in [1.82, 2.24) is 4.90 Å². The van der Waals surface area contributed by atoms with E-state index in [0.29, 0.717) is 15.2 Å². The van der Waals surface area contributed by atoms with E-state index in [1.807, 2.05) is 4.90 Å². The van der Waals surface area contributed by atoms with Gasteiger partial charge in [-0.3, -0.25) is 10.2 Å². The Morgan fingerprint density at radius 3 is 2.75 bits per heavy atom. The first-order valence-corrected chi connectivity index (χ1v) is 10.7. The molecule has 2 bridgehead atoms. The van der Waals surface area contributed by atoms with Gasteiger partial charge in [-0.05, 0) is 65.6 Å². The van der Waals surface area contributed by atoms with Gasteiger partial charge in [0.05, 0.1) is 20.7 Å². The van der Waals surface area contributed by atoms with Crippen molar-refractivity contribution >= 4 is 45.4 Å². The van der Waals surface area contributed by atoms with Gasteiger partial charge >= 0.3 is 12.2 Å². The lowest BCUT2D eigenvalue weighted by Crippen LogP contribution is -2.60. The molecule has 154 valence electrons. The van der Waals surface area contributed by atoms with E-state index >= 15 is 0 Å². The molecule has 6 nitrogen and oxygen atoms in total. The van der Waals surface area contributed by atoms with Gasteiger partial charge in [0.2, 0.25) is 6.79 Å². The highest BCUT2D eigenvalue weighted by Crippen LogP contribution is 2.53. The summed E-state index contributed by atoms with van der Waals surface area (Å²) in [6.07, 6.45) is 3.95. The number of carbonyl (C=O) groups is 2. The third-order valence-corrected chi connectivity index (χ3v) is 7.40. The summed E-state index contributed by atoms with van der Waals surface area (Å²) in [5, 5.41) is 3.04. The van der Waals surface area contributed by atoms with Gasteiger partial charge in [-0.1, -0.05) is 38.4 Å². The molecule has 1 aromatic carbocycles. The van der Waals surface area contributed by atoms with Crippen molar-refractivity contribution < 1.29 is 19.1 Å². The van der Waals surface area contributed by atoms with Crippen LogP contribution in [0.1, 0.15) is 52.9 Å². The van der Waals surface area contributed by atoms with E-state index in [1.54, 1.807) is 18.2 Å². The highest BCUT2D eigenvalue weighted by molar-refractivity contribution is 9.10. The highest BCUT2D eigenvalue weighted by atomic mass is 79.9. The Hall–Kier alpha value is -1.47. The Labute approximate surface area is 179 Å². The van der Waals surface area contributed by atoms with Gasteiger partial charge in [0.25, 0.3) is 0 Å². The summed E-state index contributed by atoms with van der Waals surface area (Å²) < 4.78 is 10.9. The van der Waals surface area contributed by atoms with Crippen LogP contribution in [0.15, 0.2) is 22.7 Å². The molecule has 2 fully saturated rings. The smallest absolute Gasteiger partial charge is 0.411 e. The molecule has 1 N–H and O–H groups in total. The SMILES string of the molecule is CC(C)(C)C12CCCC(CC1)N2C(=O)OCOC(=O)Nc1cccc(Cl)c1Br. The zero-order chi connectivity index (χ0) is 20.5. The molecule has 0 radical (unpaired) electrons. The molecule has 3 rings (SSSR count). The summed E-state index contributed by atoms with van der Waals surface area (Å²) >= 11 is 9.30. The predicted octanol–water partition coefficient (Wildman–Crippen LogP) is 6.18. The number of benzene rings is 1. The number of hydrogen-bond acceptors (Lipinski definition) is 4. The number of hydrogen-bond donors (Lipinski definition) is 1. The normalized spacial score (nSPS) is 24.0. The first-order valence-electron chi connectivity index (χ1n) is 9.49. The van der Waals surface area contributed by atoms with Gasteiger partial charge in [-0.15, -0.1) is 0 Å². The van der Waals surface area contributed by atoms with Crippen molar-refractivity contribution in [3.8, 4) is 0 Å². The van der Waals surface area contributed by atoms with Crippen LogP contribution in [-0.2, 0) is 9.47 Å². The van der Waals surface area contributed by atoms with Gasteiger partial charge in [0, 0.05) is 6.04 Å². The highest BCUT2D eigenvalue weighted by Gasteiger charge is 2.57. The maximum Gasteiger partial charge on any atom is 0.414 e. The summed E-state index contributed by atoms with van der Waals surface area (Å²) in [6.45, 7) is 6.08. The van der Waals surface area contributed by atoms with Crippen LogP contribution in [0.5, 0.6) is 0 Å². The summed E-state index contributed by atoms with van der Waals surface area (Å²) in [5.74, 6) is 0. The lowest BCUT2D eigenvalue weighted by atomic mass is 9.68. The number of fused-ring (bicyclic) bond motifs is 2. The molecule has 8 heteroatoms. The summed E-state index contributed by atoms with van der Waals surface area (Å²) in [6, 6.07) is 5.29. The van der Waals surface area contributed by atoms with Crippen molar-refractivity contribution in [1.29, 1.82) is 0 Å². The van der Waals surface area contributed by atoms with Crippen LogP contribution in [-0.4, -0.2) is 35.5 Å². The number of nitrogens with zero attached hydrogens (tertiary/aromatic N) is 1. The van der Waals surface area contributed by atoms with E-state index in [0.717, 1.165) is 32.1 Å². The number of amides is 2. The average Bonchev–Trinajstić information content (AvgIpc) is 2.85. The van der Waals surface area contributed by atoms with Crippen LogP contribution in [0.4, 0.5) is 15.3 Å². The Balaban J connectivity index is 1.57. The molecule has 1 aromatic rings. The largest absolute Gasteiger partial charge is 0.414 e. The maximum atomic E-state index is 12.8. The van der Waals surface area contributed by atoms with E-state index < -0.39 is 19.0 Å². The van der Waals surface area contributed by atoms with Crippen molar-refractivity contribution in [3.63, 3.8) is 0 Å². The first kappa shape index (κ1) is 21.2. The van der Waals surface area contributed by atoms with Crippen LogP contribution < -0.4 is 5.32 Å². The van der Waals surface area contributed by atoms with Crippen molar-refractivity contribution in [3.05, 3.63) is 27.7 Å². The zero-order valence-corrected chi connectivity index (χ0v) is 18.7. The lowest BCUT2D eigenvalue weighted by Gasteiger charge is -2.51. The van der Waals surface area contributed by atoms with E-state index in [4.69, 9.17) is 21.1 Å². The Kier molecular flexibility index (Phi) is 6.15. The average molecular weight is 474 g/mol. The second-order valence-corrected chi connectivity index (χ2v) is 9.62. The number of rotatable bonds is 3. The molecular weight excluding hydrogens is 448 g/mol. The minimum Gasteiger partial charge on any atom is -0.411 e. The quantitative estimate of drug-likeness (QED) is 0.532. The summed E-state index contributed by atoms with van der Waals surface area (Å²) in [5.41, 5.74) is 0.240. The number of piperidine rings is 1. The number of anilines is 1. The van der Waals surface area contributed by atoms with Gasteiger partial charge in [0.1, 0.15) is 0 Å². The molecule has 0 saturated carbocycles. The second kappa shape index (κ2) is 8.11. The topological polar surface area (TPSA) is 67.9 Å². The number of ether oxygens (including phenoxy) is 2. The monoisotopic (exact) mass is 472 g/mol. The van der Waals surface area contributed by atoms with Crippen LogP contribution in [0.3, 0.4) is 0 Å². The maximum absolute atomic E-state index is 12.8. The van der Waals surface area contributed by atoms with E-state index in [1.165, 1.54) is 0 Å². The molecule has 2 saturated heterocycles. The summed E-state index contributed by atoms with van der Waals surface area (Å²) in [4.78, 5) is 26.7. The van der Waals surface area contributed by atoms with Gasteiger partial charge in [-0.2, -0.15) is 0 Å². The number of carbonyl (C=O) groups excluding carboxylic acids is 2.